The van der Waals surface area contributed by atoms with Gasteiger partial charge in [0.05, 0.1) is 24.5 Å². The first-order valence-electron chi connectivity index (χ1n) is 15.5. The summed E-state index contributed by atoms with van der Waals surface area (Å²) in [6.07, 6.45) is 4.20. The van der Waals surface area contributed by atoms with E-state index in [9.17, 15) is 19.5 Å². The molecule has 3 heterocycles. The van der Waals surface area contributed by atoms with Gasteiger partial charge in [0.1, 0.15) is 17.4 Å². The molecule has 2 aromatic carbocycles. The van der Waals surface area contributed by atoms with Crippen LogP contribution in [0, 0.1) is 25.7 Å². The van der Waals surface area contributed by atoms with Crippen LogP contribution >= 0.6 is 0 Å². The molecule has 2 unspecified atom stereocenters. The van der Waals surface area contributed by atoms with Crippen molar-refractivity contribution in [3.8, 4) is 5.75 Å². The molecule has 9 nitrogen and oxygen atoms in total. The zero-order valence-electron chi connectivity index (χ0n) is 25.9. The van der Waals surface area contributed by atoms with Crippen molar-refractivity contribution in [1.29, 1.82) is 0 Å². The Bertz CT molecular complexity index is 1400. The number of amides is 3. The first-order valence-corrected chi connectivity index (χ1v) is 15.5. The monoisotopic (exact) mass is 601 g/mol. The summed E-state index contributed by atoms with van der Waals surface area (Å²) in [7, 11) is 0. The number of aryl methyl sites for hydroxylation is 2. The fourth-order valence-electron chi connectivity index (χ4n) is 7.52. The van der Waals surface area contributed by atoms with Crippen molar-refractivity contribution in [2.45, 2.75) is 57.8 Å². The van der Waals surface area contributed by atoms with Gasteiger partial charge in [-0.3, -0.25) is 14.4 Å². The van der Waals surface area contributed by atoms with Crippen LogP contribution in [0.15, 0.2) is 67.8 Å². The molecule has 3 fully saturated rings. The van der Waals surface area contributed by atoms with E-state index in [2.05, 4.69) is 13.2 Å². The van der Waals surface area contributed by atoms with Gasteiger partial charge < -0.3 is 29.3 Å². The summed E-state index contributed by atoms with van der Waals surface area (Å²) in [6.45, 7) is 14.7. The first kappa shape index (κ1) is 31.5. The van der Waals surface area contributed by atoms with E-state index in [0.717, 1.165) is 16.8 Å². The first-order chi connectivity index (χ1) is 21.2. The van der Waals surface area contributed by atoms with Crippen LogP contribution in [0.3, 0.4) is 0 Å². The van der Waals surface area contributed by atoms with Crippen LogP contribution in [-0.2, 0) is 19.1 Å². The molecule has 1 spiro atoms. The van der Waals surface area contributed by atoms with Crippen LogP contribution in [0.4, 0.5) is 11.4 Å². The highest BCUT2D eigenvalue weighted by atomic mass is 16.5. The molecule has 3 aliphatic rings. The minimum atomic E-state index is -1.15. The molecule has 3 saturated heterocycles. The number of rotatable bonds is 13. The van der Waals surface area contributed by atoms with E-state index in [1.165, 1.54) is 0 Å². The molecule has 1 N–H and O–H groups in total. The number of likely N-dealkylation sites (tertiary alicyclic amines) is 1. The topological polar surface area (TPSA) is 99.6 Å². The molecular formula is C35H43N3O6. The fraction of sp³-hybridized carbons (Fsp3) is 0.457. The zero-order chi connectivity index (χ0) is 31.6. The van der Waals surface area contributed by atoms with Gasteiger partial charge in [0, 0.05) is 37.6 Å². The molecule has 234 valence electrons. The predicted octanol–water partition coefficient (Wildman–Crippen LogP) is 4.20. The average molecular weight is 602 g/mol. The number of aliphatic hydroxyl groups is 1. The molecule has 9 heteroatoms. The Hall–Kier alpha value is -3.95. The third-order valence-electron chi connectivity index (χ3n) is 9.20. The lowest BCUT2D eigenvalue weighted by Crippen LogP contribution is -2.57. The van der Waals surface area contributed by atoms with Crippen LogP contribution < -0.4 is 14.5 Å². The van der Waals surface area contributed by atoms with E-state index in [1.807, 2.05) is 63.2 Å². The molecule has 5 rings (SSSR count). The molecule has 3 amide bonds. The quantitative estimate of drug-likeness (QED) is 0.346. The standard InChI is InChI=1S/C35H43N3O6/c1-6-19-36(25-13-15-26(16-14-25)43-8-3)32(40)28-27-17-18-35(44-27)29(28)33(41)38(21-10-22-39)31(35)34(42)37(20-7-2)30-23(4)11-9-12-24(30)5/h6-7,9,11-16,27-29,31,39H,1-2,8,10,17-22H2,3-5H3/t27-,28+,29+,31?,35?/m1/s1. The van der Waals surface area contributed by atoms with Gasteiger partial charge >= 0.3 is 0 Å². The van der Waals surface area contributed by atoms with Crippen LogP contribution in [0.2, 0.25) is 0 Å². The molecule has 5 atom stereocenters. The van der Waals surface area contributed by atoms with E-state index in [0.29, 0.717) is 37.3 Å². The fourth-order valence-corrected chi connectivity index (χ4v) is 7.52. The average Bonchev–Trinajstić information content (AvgIpc) is 3.65. The number of carbonyl (C=O) groups is 3. The number of ether oxygens (including phenoxy) is 2. The zero-order valence-corrected chi connectivity index (χ0v) is 25.9. The highest BCUT2D eigenvalue weighted by molar-refractivity contribution is 6.07. The Morgan fingerprint density at radius 3 is 2.34 bits per heavy atom. The van der Waals surface area contributed by atoms with Gasteiger partial charge in [0.15, 0.2) is 0 Å². The molecular weight excluding hydrogens is 558 g/mol. The number of nitrogens with zero attached hydrogens (tertiary/aromatic N) is 3. The van der Waals surface area contributed by atoms with E-state index in [4.69, 9.17) is 9.47 Å². The van der Waals surface area contributed by atoms with Crippen molar-refractivity contribution in [2.24, 2.45) is 11.8 Å². The molecule has 0 aliphatic carbocycles. The summed E-state index contributed by atoms with van der Waals surface area (Å²) in [5.41, 5.74) is 2.15. The number of carbonyl (C=O) groups excluding carboxylic acids is 3. The third-order valence-corrected chi connectivity index (χ3v) is 9.20. The lowest BCUT2D eigenvalue weighted by Gasteiger charge is -2.37. The summed E-state index contributed by atoms with van der Waals surface area (Å²) in [4.78, 5) is 48.4. The predicted molar refractivity (Wildman–Crippen MR) is 170 cm³/mol. The number of anilines is 2. The molecule has 0 aromatic heterocycles. The van der Waals surface area contributed by atoms with Crippen LogP contribution in [0.1, 0.15) is 37.3 Å². The van der Waals surface area contributed by atoms with Crippen molar-refractivity contribution >= 4 is 29.1 Å². The smallest absolute Gasteiger partial charge is 0.253 e. The summed E-state index contributed by atoms with van der Waals surface area (Å²) < 4.78 is 12.3. The van der Waals surface area contributed by atoms with Gasteiger partial charge in [-0.05, 0) is 75.4 Å². The van der Waals surface area contributed by atoms with Gasteiger partial charge in [0.2, 0.25) is 11.8 Å². The lowest BCUT2D eigenvalue weighted by atomic mass is 9.70. The number of fused-ring (bicyclic) bond motifs is 1. The van der Waals surface area contributed by atoms with Gasteiger partial charge in [-0.1, -0.05) is 30.4 Å². The van der Waals surface area contributed by atoms with E-state index < -0.39 is 29.6 Å². The lowest BCUT2D eigenvalue weighted by molar-refractivity contribution is -0.141. The largest absolute Gasteiger partial charge is 0.494 e. The molecule has 2 aromatic rings. The summed E-state index contributed by atoms with van der Waals surface area (Å²) in [5, 5.41) is 9.71. The van der Waals surface area contributed by atoms with Crippen molar-refractivity contribution in [3.05, 3.63) is 78.9 Å². The number of aliphatic hydroxyl groups excluding tert-OH is 1. The summed E-state index contributed by atoms with van der Waals surface area (Å²) in [6, 6.07) is 12.2. The number of hydrogen-bond acceptors (Lipinski definition) is 6. The van der Waals surface area contributed by atoms with Gasteiger partial charge in [0.25, 0.3) is 5.91 Å². The SMILES string of the molecule is C=CCN(C(=O)[C@@H]1[C@H]2C(=O)N(CCCO)C(C(=O)N(CC=C)c3c(C)cccc3C)C23CC[C@H]1O3)c1ccc(OCC)cc1. The van der Waals surface area contributed by atoms with Crippen LogP contribution in [0.25, 0.3) is 0 Å². The van der Waals surface area contributed by atoms with E-state index in [-0.39, 0.29) is 44.0 Å². The summed E-state index contributed by atoms with van der Waals surface area (Å²) >= 11 is 0. The minimum Gasteiger partial charge on any atom is -0.494 e. The molecule has 0 radical (unpaired) electrons. The number of hydrogen-bond donors (Lipinski definition) is 1. The van der Waals surface area contributed by atoms with Crippen molar-refractivity contribution in [2.75, 3.05) is 42.6 Å². The Balaban J connectivity index is 1.54. The molecule has 2 bridgehead atoms. The second kappa shape index (κ2) is 13.0. The minimum absolute atomic E-state index is 0.133. The highest BCUT2D eigenvalue weighted by Gasteiger charge is 2.75. The number of para-hydroxylation sites is 1. The van der Waals surface area contributed by atoms with E-state index in [1.54, 1.807) is 26.9 Å². The molecule has 0 saturated carbocycles. The van der Waals surface area contributed by atoms with Crippen molar-refractivity contribution in [1.82, 2.24) is 4.90 Å². The number of benzene rings is 2. The van der Waals surface area contributed by atoms with Crippen molar-refractivity contribution in [3.63, 3.8) is 0 Å². The summed E-state index contributed by atoms with van der Waals surface area (Å²) in [5.74, 6) is -1.65. The van der Waals surface area contributed by atoms with Gasteiger partial charge in [-0.25, -0.2) is 0 Å². The Labute approximate surface area is 259 Å². The maximum absolute atomic E-state index is 14.7. The Kier molecular flexibility index (Phi) is 9.27. The second-order valence-electron chi connectivity index (χ2n) is 11.8. The van der Waals surface area contributed by atoms with Crippen molar-refractivity contribution < 1.29 is 29.0 Å². The Morgan fingerprint density at radius 2 is 1.73 bits per heavy atom. The van der Waals surface area contributed by atoms with Gasteiger partial charge in [-0.2, -0.15) is 0 Å². The molecule has 3 aliphatic heterocycles. The Morgan fingerprint density at radius 1 is 1.07 bits per heavy atom. The van der Waals surface area contributed by atoms with E-state index >= 15 is 0 Å². The molecule has 44 heavy (non-hydrogen) atoms. The normalized spacial score (nSPS) is 25.1. The van der Waals surface area contributed by atoms with Gasteiger partial charge in [-0.15, -0.1) is 13.2 Å². The second-order valence-corrected chi connectivity index (χ2v) is 11.8. The maximum Gasteiger partial charge on any atom is 0.253 e. The van der Waals surface area contributed by atoms with Crippen LogP contribution in [0.5, 0.6) is 5.75 Å². The van der Waals surface area contributed by atoms with Crippen LogP contribution in [-0.4, -0.2) is 78.3 Å². The third kappa shape index (κ3) is 5.22. The highest BCUT2D eigenvalue weighted by Crippen LogP contribution is 2.59. The maximum atomic E-state index is 14.7.